The van der Waals surface area contributed by atoms with Gasteiger partial charge in [-0.1, -0.05) is 72.1 Å². The van der Waals surface area contributed by atoms with E-state index >= 15 is 0 Å². The molecule has 0 aliphatic rings. The SMILES string of the molecule is CCCCCCCCCCCOc1cnc(-c2ccc(OC(=O)[C@@H](C)CC)cc2)nc1. The van der Waals surface area contributed by atoms with Gasteiger partial charge in [-0.2, -0.15) is 0 Å². The summed E-state index contributed by atoms with van der Waals surface area (Å²) in [5, 5.41) is 0. The molecule has 1 heterocycles. The minimum atomic E-state index is -0.208. The summed E-state index contributed by atoms with van der Waals surface area (Å²) in [6, 6.07) is 7.26. The molecule has 0 N–H and O–H groups in total. The maximum Gasteiger partial charge on any atom is 0.314 e. The molecule has 0 unspecified atom stereocenters. The lowest BCUT2D eigenvalue weighted by Crippen LogP contribution is -2.16. The summed E-state index contributed by atoms with van der Waals surface area (Å²) in [4.78, 5) is 20.7. The number of carbonyl (C=O) groups is 1. The minimum absolute atomic E-state index is 0.105. The smallest absolute Gasteiger partial charge is 0.314 e. The highest BCUT2D eigenvalue weighted by Gasteiger charge is 2.13. The van der Waals surface area contributed by atoms with E-state index in [4.69, 9.17) is 9.47 Å². The first-order valence-corrected chi connectivity index (χ1v) is 11.9. The first kappa shape index (κ1) is 24.8. The number of hydrogen-bond donors (Lipinski definition) is 0. The molecule has 31 heavy (non-hydrogen) atoms. The first-order valence-electron chi connectivity index (χ1n) is 11.9. The number of benzene rings is 1. The van der Waals surface area contributed by atoms with Crippen LogP contribution in [0.1, 0.15) is 85.0 Å². The maximum absolute atomic E-state index is 11.9. The Kier molecular flexibility index (Phi) is 11.7. The Hall–Kier alpha value is -2.43. The average Bonchev–Trinajstić information content (AvgIpc) is 2.80. The van der Waals surface area contributed by atoms with Crippen molar-refractivity contribution < 1.29 is 14.3 Å². The van der Waals surface area contributed by atoms with Crippen molar-refractivity contribution in [3.05, 3.63) is 36.7 Å². The Morgan fingerprint density at radius 3 is 2.00 bits per heavy atom. The molecule has 0 fully saturated rings. The van der Waals surface area contributed by atoms with Gasteiger partial charge in [0.05, 0.1) is 24.9 Å². The minimum Gasteiger partial charge on any atom is -0.490 e. The Morgan fingerprint density at radius 2 is 1.42 bits per heavy atom. The van der Waals surface area contributed by atoms with Crippen LogP contribution in [-0.4, -0.2) is 22.5 Å². The van der Waals surface area contributed by atoms with Crippen LogP contribution in [0.3, 0.4) is 0 Å². The van der Waals surface area contributed by atoms with Crippen LogP contribution >= 0.6 is 0 Å². The van der Waals surface area contributed by atoms with Gasteiger partial charge in [-0.15, -0.1) is 0 Å². The third-order valence-electron chi connectivity index (χ3n) is 5.49. The van der Waals surface area contributed by atoms with Gasteiger partial charge in [0.1, 0.15) is 5.75 Å². The molecule has 5 nitrogen and oxygen atoms in total. The normalized spacial score (nSPS) is 11.8. The lowest BCUT2D eigenvalue weighted by Gasteiger charge is -2.09. The fourth-order valence-electron chi connectivity index (χ4n) is 3.20. The number of nitrogens with zero attached hydrogens (tertiary/aromatic N) is 2. The summed E-state index contributed by atoms with van der Waals surface area (Å²) in [5.41, 5.74) is 0.869. The van der Waals surface area contributed by atoms with Gasteiger partial charge in [-0.05, 0) is 37.1 Å². The quantitative estimate of drug-likeness (QED) is 0.174. The molecule has 0 saturated carbocycles. The average molecular weight is 427 g/mol. The van der Waals surface area contributed by atoms with E-state index in [1.807, 2.05) is 26.0 Å². The van der Waals surface area contributed by atoms with Crippen molar-refractivity contribution in [2.45, 2.75) is 85.0 Å². The summed E-state index contributed by atoms with van der Waals surface area (Å²) in [6.07, 6.45) is 15.9. The number of ether oxygens (including phenoxy) is 2. The van der Waals surface area contributed by atoms with Gasteiger partial charge < -0.3 is 9.47 Å². The third-order valence-corrected chi connectivity index (χ3v) is 5.49. The van der Waals surface area contributed by atoms with Crippen LogP contribution in [0.4, 0.5) is 0 Å². The molecule has 1 aromatic carbocycles. The summed E-state index contributed by atoms with van der Waals surface area (Å²) >= 11 is 0. The van der Waals surface area contributed by atoms with Crippen LogP contribution in [0, 0.1) is 5.92 Å². The first-order chi connectivity index (χ1) is 15.1. The molecule has 0 amide bonds. The zero-order valence-electron chi connectivity index (χ0n) is 19.4. The lowest BCUT2D eigenvalue weighted by atomic mass is 10.1. The topological polar surface area (TPSA) is 61.3 Å². The standard InChI is InChI=1S/C26H38N2O3/c1-4-6-7-8-9-10-11-12-13-18-30-24-19-27-25(28-20-24)22-14-16-23(17-15-22)31-26(29)21(3)5-2/h14-17,19-21H,4-13,18H2,1-3H3/t21-/m0/s1. The largest absolute Gasteiger partial charge is 0.490 e. The summed E-state index contributed by atoms with van der Waals surface area (Å²) in [5.74, 6) is 1.54. The molecule has 0 saturated heterocycles. The van der Waals surface area contributed by atoms with E-state index in [0.717, 1.165) is 18.4 Å². The molecule has 5 heteroatoms. The Bertz CT molecular complexity index is 744. The lowest BCUT2D eigenvalue weighted by molar-refractivity contribution is -0.138. The molecular weight excluding hydrogens is 388 g/mol. The monoisotopic (exact) mass is 426 g/mol. The van der Waals surface area contributed by atoms with Crippen LogP contribution in [-0.2, 0) is 4.79 Å². The molecule has 0 radical (unpaired) electrons. The Labute approximate surface area is 187 Å². The second kappa shape index (κ2) is 14.6. The van der Waals surface area contributed by atoms with E-state index in [1.165, 1.54) is 51.4 Å². The molecular formula is C26H38N2O3. The van der Waals surface area contributed by atoms with Gasteiger partial charge in [0, 0.05) is 5.56 Å². The summed E-state index contributed by atoms with van der Waals surface area (Å²) < 4.78 is 11.1. The Balaban J connectivity index is 1.68. The van der Waals surface area contributed by atoms with Crippen molar-refractivity contribution in [2.24, 2.45) is 5.92 Å². The zero-order chi connectivity index (χ0) is 22.3. The van der Waals surface area contributed by atoms with Gasteiger partial charge in [-0.3, -0.25) is 4.79 Å². The summed E-state index contributed by atoms with van der Waals surface area (Å²) in [6.45, 7) is 6.79. The molecule has 0 aliphatic heterocycles. The number of aromatic nitrogens is 2. The van der Waals surface area contributed by atoms with Crippen LogP contribution in [0.2, 0.25) is 0 Å². The highest BCUT2D eigenvalue weighted by molar-refractivity contribution is 5.74. The van der Waals surface area contributed by atoms with Crippen molar-refractivity contribution in [1.82, 2.24) is 9.97 Å². The zero-order valence-corrected chi connectivity index (χ0v) is 19.4. The fourth-order valence-corrected chi connectivity index (χ4v) is 3.20. The predicted molar refractivity (Wildman–Crippen MR) is 125 cm³/mol. The van der Waals surface area contributed by atoms with E-state index in [1.54, 1.807) is 24.5 Å². The van der Waals surface area contributed by atoms with Crippen LogP contribution in [0.5, 0.6) is 11.5 Å². The number of carbonyl (C=O) groups excluding carboxylic acids is 1. The van der Waals surface area contributed by atoms with Crippen LogP contribution < -0.4 is 9.47 Å². The van der Waals surface area contributed by atoms with E-state index in [2.05, 4.69) is 16.9 Å². The van der Waals surface area contributed by atoms with Crippen molar-refractivity contribution >= 4 is 5.97 Å². The van der Waals surface area contributed by atoms with Crippen molar-refractivity contribution in [3.63, 3.8) is 0 Å². The number of rotatable bonds is 15. The fraction of sp³-hybridized carbons (Fsp3) is 0.577. The van der Waals surface area contributed by atoms with E-state index in [-0.39, 0.29) is 11.9 Å². The van der Waals surface area contributed by atoms with Gasteiger partial charge in [0.2, 0.25) is 0 Å². The van der Waals surface area contributed by atoms with Crippen LogP contribution in [0.25, 0.3) is 11.4 Å². The number of unbranched alkanes of at least 4 members (excludes halogenated alkanes) is 8. The second-order valence-electron chi connectivity index (χ2n) is 8.17. The van der Waals surface area contributed by atoms with Gasteiger partial charge in [0.25, 0.3) is 0 Å². The molecule has 1 aromatic heterocycles. The molecule has 170 valence electrons. The van der Waals surface area contributed by atoms with Crippen molar-refractivity contribution in [3.8, 4) is 22.9 Å². The highest BCUT2D eigenvalue weighted by atomic mass is 16.5. The van der Waals surface area contributed by atoms with Gasteiger partial charge in [-0.25, -0.2) is 9.97 Å². The van der Waals surface area contributed by atoms with Crippen LogP contribution in [0.15, 0.2) is 36.7 Å². The molecule has 1 atom stereocenters. The molecule has 2 aromatic rings. The Morgan fingerprint density at radius 1 is 0.839 bits per heavy atom. The van der Waals surface area contributed by atoms with Gasteiger partial charge >= 0.3 is 5.97 Å². The number of esters is 1. The van der Waals surface area contributed by atoms with Crippen molar-refractivity contribution in [2.75, 3.05) is 6.61 Å². The predicted octanol–water partition coefficient (Wildman–Crippen LogP) is 7.00. The second-order valence-corrected chi connectivity index (χ2v) is 8.17. The molecule has 2 rings (SSSR count). The molecule has 0 aliphatic carbocycles. The maximum atomic E-state index is 11.9. The number of hydrogen-bond acceptors (Lipinski definition) is 5. The van der Waals surface area contributed by atoms with Crippen molar-refractivity contribution in [1.29, 1.82) is 0 Å². The summed E-state index contributed by atoms with van der Waals surface area (Å²) in [7, 11) is 0. The van der Waals surface area contributed by atoms with E-state index in [0.29, 0.717) is 23.9 Å². The van der Waals surface area contributed by atoms with Gasteiger partial charge in [0.15, 0.2) is 11.6 Å². The van der Waals surface area contributed by atoms with E-state index < -0.39 is 0 Å². The highest BCUT2D eigenvalue weighted by Crippen LogP contribution is 2.21. The van der Waals surface area contributed by atoms with E-state index in [9.17, 15) is 4.79 Å². The molecule has 0 spiro atoms. The molecule has 0 bridgehead atoms. The third kappa shape index (κ3) is 9.50.